The molecule has 2 heterocycles. The fraction of sp³-hybridized carbons (Fsp3) is 1.00. The Kier molecular flexibility index (Phi) is 1.46. The molecule has 1 atom stereocenters. The van der Waals surface area contributed by atoms with Crippen LogP contribution in [0, 0.1) is 5.92 Å². The van der Waals surface area contributed by atoms with Crippen molar-refractivity contribution in [2.45, 2.75) is 51.1 Å². The molecular formula is C9H18NP. The monoisotopic (exact) mass is 171 g/mol. The third kappa shape index (κ3) is 0.975. The zero-order chi connectivity index (χ0) is 8.28. The summed E-state index contributed by atoms with van der Waals surface area (Å²) in [5.74, 6) is 1.02. The summed E-state index contributed by atoms with van der Waals surface area (Å²) in [5.41, 5.74) is 0.928. The van der Waals surface area contributed by atoms with E-state index in [-0.39, 0.29) is 0 Å². The molecule has 0 N–H and O–H groups in total. The van der Waals surface area contributed by atoms with Gasteiger partial charge in [0, 0.05) is 11.1 Å². The fourth-order valence-electron chi connectivity index (χ4n) is 3.06. The van der Waals surface area contributed by atoms with E-state index in [0.717, 1.165) is 5.92 Å². The van der Waals surface area contributed by atoms with Gasteiger partial charge in [0.25, 0.3) is 0 Å². The lowest BCUT2D eigenvalue weighted by Crippen LogP contribution is -2.64. The Morgan fingerprint density at radius 3 is 2.09 bits per heavy atom. The topological polar surface area (TPSA) is 3.24 Å². The molecule has 3 rings (SSSR count). The molecule has 0 amide bonds. The summed E-state index contributed by atoms with van der Waals surface area (Å²) in [5, 5.41) is 0. The van der Waals surface area contributed by atoms with Crippen LogP contribution in [0.1, 0.15) is 40.0 Å². The number of piperidine rings is 2. The summed E-state index contributed by atoms with van der Waals surface area (Å²) < 4.78 is 2.50. The van der Waals surface area contributed by atoms with E-state index in [1.165, 1.54) is 19.3 Å². The highest BCUT2D eigenvalue weighted by atomic mass is 31.0. The van der Waals surface area contributed by atoms with Crippen molar-refractivity contribution in [1.29, 1.82) is 0 Å². The SMILES string of the molecule is CC1(C)CC2CC(C)(C2)N1P. The Hall–Kier alpha value is 0.390. The third-order valence-corrected chi connectivity index (χ3v) is 4.80. The summed E-state index contributed by atoms with van der Waals surface area (Å²) in [4.78, 5) is 0. The molecule has 2 bridgehead atoms. The van der Waals surface area contributed by atoms with E-state index in [1.807, 2.05) is 0 Å². The molecule has 1 aliphatic carbocycles. The zero-order valence-corrected chi connectivity index (χ0v) is 8.88. The first-order chi connectivity index (χ1) is 4.94. The van der Waals surface area contributed by atoms with Crippen molar-refractivity contribution in [2.24, 2.45) is 5.92 Å². The van der Waals surface area contributed by atoms with Crippen LogP contribution >= 0.6 is 9.39 Å². The van der Waals surface area contributed by atoms with Gasteiger partial charge < -0.3 is 0 Å². The number of fused-ring (bicyclic) bond motifs is 2. The van der Waals surface area contributed by atoms with Gasteiger partial charge >= 0.3 is 0 Å². The molecule has 1 nitrogen and oxygen atoms in total. The number of rotatable bonds is 0. The van der Waals surface area contributed by atoms with E-state index in [4.69, 9.17) is 0 Å². The van der Waals surface area contributed by atoms with Gasteiger partial charge in [-0.05, 0) is 46.0 Å². The van der Waals surface area contributed by atoms with E-state index >= 15 is 0 Å². The molecule has 3 fully saturated rings. The first-order valence-electron chi connectivity index (χ1n) is 4.49. The highest BCUT2D eigenvalue weighted by molar-refractivity contribution is 7.13. The Morgan fingerprint density at radius 1 is 1.18 bits per heavy atom. The van der Waals surface area contributed by atoms with Crippen molar-refractivity contribution in [2.75, 3.05) is 0 Å². The van der Waals surface area contributed by atoms with Crippen LogP contribution in [0.25, 0.3) is 0 Å². The zero-order valence-electron chi connectivity index (χ0n) is 7.72. The van der Waals surface area contributed by atoms with Crippen molar-refractivity contribution < 1.29 is 0 Å². The predicted octanol–water partition coefficient (Wildman–Crippen LogP) is 2.43. The highest BCUT2D eigenvalue weighted by Gasteiger charge is 2.54. The second-order valence-corrected chi connectivity index (χ2v) is 5.67. The molecule has 0 aromatic rings. The molecule has 2 aliphatic heterocycles. The van der Waals surface area contributed by atoms with Crippen molar-refractivity contribution in [1.82, 2.24) is 4.67 Å². The molecule has 0 aromatic carbocycles. The van der Waals surface area contributed by atoms with Gasteiger partial charge in [-0.15, -0.1) is 0 Å². The van der Waals surface area contributed by atoms with Crippen molar-refractivity contribution in [3.8, 4) is 0 Å². The predicted molar refractivity (Wildman–Crippen MR) is 51.4 cm³/mol. The molecule has 64 valence electrons. The minimum atomic E-state index is 0.417. The molecule has 1 saturated carbocycles. The van der Waals surface area contributed by atoms with E-state index in [1.54, 1.807) is 0 Å². The van der Waals surface area contributed by atoms with Gasteiger partial charge in [-0.3, -0.25) is 4.67 Å². The van der Waals surface area contributed by atoms with Gasteiger partial charge in [0.05, 0.1) is 0 Å². The number of hydrogen-bond donors (Lipinski definition) is 0. The number of nitrogens with zero attached hydrogens (tertiary/aromatic N) is 1. The summed E-state index contributed by atoms with van der Waals surface area (Å²) in [6.45, 7) is 7.09. The molecule has 3 aliphatic rings. The molecular weight excluding hydrogens is 153 g/mol. The third-order valence-electron chi connectivity index (χ3n) is 3.48. The molecule has 1 unspecified atom stereocenters. The van der Waals surface area contributed by atoms with Crippen molar-refractivity contribution in [3.05, 3.63) is 0 Å². The Balaban J connectivity index is 2.22. The van der Waals surface area contributed by atoms with Crippen molar-refractivity contribution in [3.63, 3.8) is 0 Å². The molecule has 2 saturated heterocycles. The van der Waals surface area contributed by atoms with Gasteiger partial charge in [-0.25, -0.2) is 0 Å². The minimum Gasteiger partial charge on any atom is -0.276 e. The highest BCUT2D eigenvalue weighted by Crippen LogP contribution is 2.55. The summed E-state index contributed by atoms with van der Waals surface area (Å²) in [6, 6.07) is 0. The maximum absolute atomic E-state index is 2.92. The maximum atomic E-state index is 2.92. The summed E-state index contributed by atoms with van der Waals surface area (Å²) in [7, 11) is 2.92. The van der Waals surface area contributed by atoms with Gasteiger partial charge in [0.15, 0.2) is 0 Å². The first kappa shape index (κ1) is 8.01. The molecule has 0 aromatic heterocycles. The lowest BCUT2D eigenvalue weighted by Gasteiger charge is -2.63. The van der Waals surface area contributed by atoms with E-state index in [0.29, 0.717) is 11.1 Å². The standard InChI is InChI=1S/C9H18NP/c1-8(2)4-7-5-9(3,6-7)10(8)11/h7H,4-6,11H2,1-3H3. The van der Waals surface area contributed by atoms with Crippen molar-refractivity contribution >= 4 is 9.39 Å². The summed E-state index contributed by atoms with van der Waals surface area (Å²) in [6.07, 6.45) is 4.21. The van der Waals surface area contributed by atoms with Crippen LogP contribution < -0.4 is 0 Å². The molecule has 2 heteroatoms. The van der Waals surface area contributed by atoms with Crippen LogP contribution in [0.15, 0.2) is 0 Å². The minimum absolute atomic E-state index is 0.417. The lowest BCUT2D eigenvalue weighted by atomic mass is 9.60. The maximum Gasteiger partial charge on any atom is 0.0224 e. The second-order valence-electron chi connectivity index (χ2n) is 5.16. The molecule has 11 heavy (non-hydrogen) atoms. The Bertz CT molecular complexity index is 177. The van der Waals surface area contributed by atoms with E-state index in [9.17, 15) is 0 Å². The molecule has 0 spiro atoms. The van der Waals surface area contributed by atoms with Gasteiger partial charge in [-0.1, -0.05) is 9.39 Å². The summed E-state index contributed by atoms with van der Waals surface area (Å²) >= 11 is 0. The van der Waals surface area contributed by atoms with Crippen LogP contribution in [0.5, 0.6) is 0 Å². The lowest BCUT2D eigenvalue weighted by molar-refractivity contribution is -0.0758. The van der Waals surface area contributed by atoms with E-state index < -0.39 is 0 Å². The number of hydrogen-bond acceptors (Lipinski definition) is 1. The molecule has 0 radical (unpaired) electrons. The largest absolute Gasteiger partial charge is 0.276 e. The van der Waals surface area contributed by atoms with Crippen LogP contribution in [-0.4, -0.2) is 15.7 Å². The quantitative estimate of drug-likeness (QED) is 0.506. The van der Waals surface area contributed by atoms with Gasteiger partial charge in [0.1, 0.15) is 0 Å². The average molecular weight is 171 g/mol. The fourth-order valence-corrected chi connectivity index (χ4v) is 3.38. The van der Waals surface area contributed by atoms with E-state index in [2.05, 4.69) is 34.8 Å². The van der Waals surface area contributed by atoms with Gasteiger partial charge in [0.2, 0.25) is 0 Å². The Morgan fingerprint density at radius 2 is 1.73 bits per heavy atom. The normalized spacial score (nSPS) is 48.5. The van der Waals surface area contributed by atoms with Crippen LogP contribution in [-0.2, 0) is 0 Å². The first-order valence-corrected chi connectivity index (χ1v) is 5.01. The van der Waals surface area contributed by atoms with Crippen LogP contribution in [0.3, 0.4) is 0 Å². The van der Waals surface area contributed by atoms with Crippen LogP contribution in [0.2, 0.25) is 0 Å². The van der Waals surface area contributed by atoms with Gasteiger partial charge in [-0.2, -0.15) is 0 Å². The Labute approximate surface area is 71.8 Å². The second kappa shape index (κ2) is 2.00. The smallest absolute Gasteiger partial charge is 0.0224 e. The average Bonchev–Trinajstić information content (AvgIpc) is 1.78. The van der Waals surface area contributed by atoms with Crippen LogP contribution in [0.4, 0.5) is 0 Å².